The third-order valence-electron chi connectivity index (χ3n) is 3.20. The number of carbonyl (C=O) groups is 2. The first kappa shape index (κ1) is 21.4. The lowest BCUT2D eigenvalue weighted by Crippen LogP contribution is -2.35. The van der Waals surface area contributed by atoms with Crippen LogP contribution in [0.15, 0.2) is 47.6 Å². The van der Waals surface area contributed by atoms with Crippen LogP contribution in [0.2, 0.25) is 0 Å². The van der Waals surface area contributed by atoms with Gasteiger partial charge < -0.3 is 0 Å². The Morgan fingerprint density at radius 1 is 1.12 bits per heavy atom. The average Bonchev–Trinajstić information content (AvgIpc) is 2.55. The zero-order valence-electron chi connectivity index (χ0n) is 15.5. The molecule has 0 fully saturated rings. The van der Waals surface area contributed by atoms with Crippen molar-refractivity contribution in [2.75, 3.05) is 0 Å². The summed E-state index contributed by atoms with van der Waals surface area (Å²) in [5.74, 6) is 1.73. The summed E-state index contributed by atoms with van der Waals surface area (Å²) in [4.78, 5) is 25.7. The van der Waals surface area contributed by atoms with Crippen molar-refractivity contribution < 1.29 is 9.59 Å². The molecular weight excluding hydrogens is 298 g/mol. The molecule has 0 bridgehead atoms. The highest BCUT2D eigenvalue weighted by molar-refractivity contribution is 6.05. The molecule has 3 heteroatoms. The van der Waals surface area contributed by atoms with Gasteiger partial charge in [0.1, 0.15) is 0 Å². The zero-order valence-corrected chi connectivity index (χ0v) is 15.5. The number of hydrogen-bond donors (Lipinski definition) is 0. The van der Waals surface area contributed by atoms with Crippen molar-refractivity contribution in [2.24, 2.45) is 0 Å². The summed E-state index contributed by atoms with van der Waals surface area (Å²) in [6.45, 7) is 11.3. The molecule has 0 heterocycles. The minimum absolute atomic E-state index is 0.245. The maximum atomic E-state index is 12.6. The zero-order chi connectivity index (χ0) is 18.7. The fraction of sp³-hybridized carbons (Fsp3) is 0.333. The SMILES string of the molecule is C#C/C=C\C(C(=O)N(Cc1ccc(C)cc1)C(C)=O)=C(C)C.CC. The normalized spacial score (nSPS) is 9.54. The second-order valence-electron chi connectivity index (χ2n) is 5.31. The van der Waals surface area contributed by atoms with Crippen molar-refractivity contribution in [3.63, 3.8) is 0 Å². The number of terminal acetylenes is 1. The molecule has 0 saturated carbocycles. The van der Waals surface area contributed by atoms with Gasteiger partial charge in [0, 0.05) is 12.5 Å². The van der Waals surface area contributed by atoms with Gasteiger partial charge in [-0.15, -0.1) is 6.42 Å². The maximum absolute atomic E-state index is 12.6. The van der Waals surface area contributed by atoms with Gasteiger partial charge in [-0.05, 0) is 38.5 Å². The van der Waals surface area contributed by atoms with Crippen molar-refractivity contribution in [3.8, 4) is 12.3 Å². The smallest absolute Gasteiger partial charge is 0.260 e. The molecule has 0 aliphatic carbocycles. The van der Waals surface area contributed by atoms with E-state index in [2.05, 4.69) is 5.92 Å². The molecule has 0 atom stereocenters. The topological polar surface area (TPSA) is 37.4 Å². The van der Waals surface area contributed by atoms with Crippen LogP contribution in [0, 0.1) is 19.3 Å². The molecule has 0 saturated heterocycles. The van der Waals surface area contributed by atoms with Crippen LogP contribution in [-0.4, -0.2) is 16.7 Å². The predicted octanol–water partition coefficient (Wildman–Crippen LogP) is 4.42. The highest BCUT2D eigenvalue weighted by Gasteiger charge is 2.21. The van der Waals surface area contributed by atoms with E-state index >= 15 is 0 Å². The van der Waals surface area contributed by atoms with Crippen molar-refractivity contribution in [2.45, 2.75) is 48.1 Å². The second kappa shape index (κ2) is 11.0. The van der Waals surface area contributed by atoms with Crippen LogP contribution in [0.5, 0.6) is 0 Å². The fourth-order valence-electron chi connectivity index (χ4n) is 1.93. The minimum Gasteiger partial charge on any atom is -0.275 e. The lowest BCUT2D eigenvalue weighted by molar-refractivity contribution is -0.141. The Kier molecular flexibility index (Phi) is 9.82. The first-order valence-electron chi connectivity index (χ1n) is 8.05. The number of rotatable bonds is 4. The maximum Gasteiger partial charge on any atom is 0.260 e. The molecule has 24 heavy (non-hydrogen) atoms. The standard InChI is InChI=1S/C19H21NO2.C2H6/c1-6-7-8-18(14(2)3)19(22)20(16(5)21)13-17-11-9-15(4)10-12-17;1-2/h1,7-12H,13H2,2-5H3;1-2H3/b8-7-;. The van der Waals surface area contributed by atoms with E-state index in [9.17, 15) is 9.59 Å². The summed E-state index contributed by atoms with van der Waals surface area (Å²) in [7, 11) is 0. The lowest BCUT2D eigenvalue weighted by Gasteiger charge is -2.20. The van der Waals surface area contributed by atoms with Gasteiger partial charge in [-0.1, -0.05) is 55.2 Å². The predicted molar refractivity (Wildman–Crippen MR) is 100 cm³/mol. The van der Waals surface area contributed by atoms with Crippen molar-refractivity contribution >= 4 is 11.8 Å². The molecule has 0 aromatic heterocycles. The van der Waals surface area contributed by atoms with E-state index in [1.165, 1.54) is 17.9 Å². The van der Waals surface area contributed by atoms with Crippen LogP contribution in [0.4, 0.5) is 0 Å². The molecule has 3 nitrogen and oxygen atoms in total. The Labute approximate surface area is 146 Å². The number of carbonyl (C=O) groups excluding carboxylic acids is 2. The van der Waals surface area contributed by atoms with Crippen molar-refractivity contribution in [3.05, 3.63) is 58.7 Å². The number of benzene rings is 1. The van der Waals surface area contributed by atoms with Crippen LogP contribution in [-0.2, 0) is 16.1 Å². The average molecular weight is 325 g/mol. The van der Waals surface area contributed by atoms with Gasteiger partial charge in [-0.3, -0.25) is 14.5 Å². The highest BCUT2D eigenvalue weighted by atomic mass is 16.2. The molecule has 1 aromatic rings. The molecule has 0 unspecified atom stereocenters. The van der Waals surface area contributed by atoms with Gasteiger partial charge in [0.15, 0.2) is 0 Å². The van der Waals surface area contributed by atoms with Gasteiger partial charge in [-0.2, -0.15) is 0 Å². The Balaban J connectivity index is 0.00000254. The van der Waals surface area contributed by atoms with Crippen LogP contribution in [0.25, 0.3) is 0 Å². The molecule has 0 N–H and O–H groups in total. The van der Waals surface area contributed by atoms with Gasteiger partial charge in [0.25, 0.3) is 5.91 Å². The van der Waals surface area contributed by atoms with Crippen LogP contribution < -0.4 is 0 Å². The summed E-state index contributed by atoms with van der Waals surface area (Å²) in [5.41, 5.74) is 3.29. The number of allylic oxidation sites excluding steroid dienone is 2. The van der Waals surface area contributed by atoms with E-state index in [0.29, 0.717) is 5.57 Å². The lowest BCUT2D eigenvalue weighted by atomic mass is 10.1. The Hall–Kier alpha value is -2.60. The number of hydrogen-bond acceptors (Lipinski definition) is 2. The van der Waals surface area contributed by atoms with Gasteiger partial charge in [-0.25, -0.2) is 0 Å². The molecule has 0 aliphatic heterocycles. The fourth-order valence-corrected chi connectivity index (χ4v) is 1.93. The Morgan fingerprint density at radius 2 is 1.67 bits per heavy atom. The van der Waals surface area contributed by atoms with E-state index in [1.807, 2.05) is 58.9 Å². The highest BCUT2D eigenvalue weighted by Crippen LogP contribution is 2.14. The molecule has 2 amide bonds. The van der Waals surface area contributed by atoms with Gasteiger partial charge in [0.05, 0.1) is 6.54 Å². The quantitative estimate of drug-likeness (QED) is 0.467. The third kappa shape index (κ3) is 6.66. The van der Waals surface area contributed by atoms with E-state index in [0.717, 1.165) is 16.7 Å². The van der Waals surface area contributed by atoms with Crippen molar-refractivity contribution in [1.29, 1.82) is 0 Å². The number of imide groups is 1. The molecule has 1 rings (SSSR count). The summed E-state index contributed by atoms with van der Waals surface area (Å²) in [6, 6.07) is 7.74. The first-order valence-corrected chi connectivity index (χ1v) is 8.05. The molecule has 0 aliphatic rings. The Bertz CT molecular complexity index is 654. The number of amides is 2. The largest absolute Gasteiger partial charge is 0.275 e. The van der Waals surface area contributed by atoms with Gasteiger partial charge in [0.2, 0.25) is 5.91 Å². The number of nitrogens with zero attached hydrogens (tertiary/aromatic N) is 1. The van der Waals surface area contributed by atoms with Gasteiger partial charge >= 0.3 is 0 Å². The summed E-state index contributed by atoms with van der Waals surface area (Å²) in [5, 5.41) is 0. The molecular formula is C21H27NO2. The molecule has 1 aromatic carbocycles. The minimum atomic E-state index is -0.334. The number of aryl methyl sites for hydroxylation is 1. The van der Waals surface area contributed by atoms with Crippen LogP contribution >= 0.6 is 0 Å². The summed E-state index contributed by atoms with van der Waals surface area (Å²) < 4.78 is 0. The molecule has 0 spiro atoms. The summed E-state index contributed by atoms with van der Waals surface area (Å²) >= 11 is 0. The van der Waals surface area contributed by atoms with E-state index in [-0.39, 0.29) is 18.4 Å². The van der Waals surface area contributed by atoms with E-state index in [4.69, 9.17) is 6.42 Å². The van der Waals surface area contributed by atoms with E-state index < -0.39 is 0 Å². The summed E-state index contributed by atoms with van der Waals surface area (Å²) in [6.07, 6.45) is 8.23. The monoisotopic (exact) mass is 325 g/mol. The van der Waals surface area contributed by atoms with E-state index in [1.54, 1.807) is 6.08 Å². The van der Waals surface area contributed by atoms with Crippen LogP contribution in [0.3, 0.4) is 0 Å². The molecule has 0 radical (unpaired) electrons. The van der Waals surface area contributed by atoms with Crippen LogP contribution in [0.1, 0.15) is 45.7 Å². The molecule has 128 valence electrons. The van der Waals surface area contributed by atoms with Crippen molar-refractivity contribution in [1.82, 2.24) is 4.90 Å². The second-order valence-corrected chi connectivity index (χ2v) is 5.31. The first-order chi connectivity index (χ1) is 11.4. The third-order valence-corrected chi connectivity index (χ3v) is 3.20. The Morgan fingerprint density at radius 3 is 2.08 bits per heavy atom.